The summed E-state index contributed by atoms with van der Waals surface area (Å²) in [6.07, 6.45) is 0.493. The fraction of sp³-hybridized carbons (Fsp3) is 0.211. The second-order valence-electron chi connectivity index (χ2n) is 6.13. The zero-order chi connectivity index (χ0) is 19.8. The van der Waals surface area contributed by atoms with Gasteiger partial charge in [0.25, 0.3) is 0 Å². The molecule has 1 aromatic heterocycles. The molecule has 4 rings (SSSR count). The molecule has 0 atom stereocenters. The van der Waals surface area contributed by atoms with Crippen molar-refractivity contribution in [2.75, 3.05) is 13.7 Å². The zero-order valence-corrected chi connectivity index (χ0v) is 16.2. The summed E-state index contributed by atoms with van der Waals surface area (Å²) in [7, 11) is 1.59. The molecule has 0 spiro atoms. The molecular formula is C19H14Cl2F2N4O. The third kappa shape index (κ3) is 3.09. The molecular weight excluding hydrogens is 409 g/mol. The van der Waals surface area contributed by atoms with Crippen LogP contribution in [0.5, 0.6) is 0 Å². The molecule has 0 fully saturated rings. The fourth-order valence-electron chi connectivity index (χ4n) is 3.20. The molecule has 144 valence electrons. The van der Waals surface area contributed by atoms with Crippen LogP contribution in [-0.2, 0) is 17.7 Å². The quantitative estimate of drug-likeness (QED) is 0.626. The van der Waals surface area contributed by atoms with Crippen LogP contribution >= 0.6 is 23.2 Å². The molecule has 0 bridgehead atoms. The van der Waals surface area contributed by atoms with Crippen LogP contribution in [0.1, 0.15) is 22.8 Å². The van der Waals surface area contributed by atoms with E-state index in [9.17, 15) is 8.78 Å². The Morgan fingerprint density at radius 1 is 1.07 bits per heavy atom. The molecule has 9 heteroatoms. The van der Waals surface area contributed by atoms with E-state index in [0.717, 1.165) is 0 Å². The second kappa shape index (κ2) is 7.58. The van der Waals surface area contributed by atoms with Crippen molar-refractivity contribution >= 4 is 28.9 Å². The molecule has 0 unspecified atom stereocenters. The predicted octanol–water partition coefficient (Wildman–Crippen LogP) is 4.39. The van der Waals surface area contributed by atoms with Crippen LogP contribution in [0.25, 0.3) is 5.69 Å². The largest absolute Gasteiger partial charge is 0.384 e. The van der Waals surface area contributed by atoms with Crippen LogP contribution in [0.3, 0.4) is 0 Å². The van der Waals surface area contributed by atoms with Gasteiger partial charge in [-0.2, -0.15) is 0 Å². The molecule has 0 aliphatic carbocycles. The maximum atomic E-state index is 14.5. The SMILES string of the molecule is COCCc1nnc2n1-c1ccc(Cl)c(Cl)c1C(c1c(F)cccc1F)=NC2. The lowest BCUT2D eigenvalue weighted by atomic mass is 9.99. The average molecular weight is 423 g/mol. The molecule has 1 aliphatic heterocycles. The molecule has 2 heterocycles. The topological polar surface area (TPSA) is 52.3 Å². The summed E-state index contributed by atoms with van der Waals surface area (Å²) in [5.74, 6) is -0.324. The minimum Gasteiger partial charge on any atom is -0.384 e. The number of ether oxygens (including phenoxy) is 1. The number of rotatable bonds is 4. The molecule has 0 saturated heterocycles. The van der Waals surface area contributed by atoms with Crippen molar-refractivity contribution in [3.8, 4) is 5.69 Å². The average Bonchev–Trinajstić information content (AvgIpc) is 3.00. The summed E-state index contributed by atoms with van der Waals surface area (Å²) in [6, 6.07) is 6.98. The lowest BCUT2D eigenvalue weighted by Gasteiger charge is -2.16. The van der Waals surface area contributed by atoms with Gasteiger partial charge in [0.15, 0.2) is 5.82 Å². The molecule has 3 aromatic rings. The van der Waals surface area contributed by atoms with E-state index in [4.69, 9.17) is 27.9 Å². The first-order chi connectivity index (χ1) is 13.5. The predicted molar refractivity (Wildman–Crippen MR) is 103 cm³/mol. The molecule has 28 heavy (non-hydrogen) atoms. The van der Waals surface area contributed by atoms with Gasteiger partial charge >= 0.3 is 0 Å². The number of hydrogen-bond donors (Lipinski definition) is 0. The Bertz CT molecular complexity index is 1080. The highest BCUT2D eigenvalue weighted by molar-refractivity contribution is 6.45. The van der Waals surface area contributed by atoms with Crippen LogP contribution in [-0.4, -0.2) is 34.2 Å². The molecule has 0 radical (unpaired) electrons. The lowest BCUT2D eigenvalue weighted by molar-refractivity contribution is 0.200. The van der Waals surface area contributed by atoms with Crippen molar-refractivity contribution in [3.05, 3.63) is 74.8 Å². The molecule has 0 N–H and O–H groups in total. The highest BCUT2D eigenvalue weighted by atomic mass is 35.5. The molecule has 2 aromatic carbocycles. The number of hydrogen-bond acceptors (Lipinski definition) is 4. The van der Waals surface area contributed by atoms with Gasteiger partial charge < -0.3 is 4.74 Å². The third-order valence-electron chi connectivity index (χ3n) is 4.46. The zero-order valence-electron chi connectivity index (χ0n) is 14.7. The summed E-state index contributed by atoms with van der Waals surface area (Å²) in [5, 5.41) is 8.78. The van der Waals surface area contributed by atoms with E-state index in [0.29, 0.717) is 35.9 Å². The van der Waals surface area contributed by atoms with Gasteiger partial charge in [0.05, 0.1) is 33.6 Å². The normalized spacial score (nSPS) is 13.0. The number of benzene rings is 2. The lowest BCUT2D eigenvalue weighted by Crippen LogP contribution is -2.14. The van der Waals surface area contributed by atoms with E-state index in [2.05, 4.69) is 15.2 Å². The Morgan fingerprint density at radius 2 is 1.82 bits per heavy atom. The van der Waals surface area contributed by atoms with Gasteiger partial charge in [0.1, 0.15) is 24.0 Å². The Labute approximate surface area is 169 Å². The van der Waals surface area contributed by atoms with Crippen molar-refractivity contribution in [2.45, 2.75) is 13.0 Å². The van der Waals surface area contributed by atoms with Gasteiger partial charge in [-0.25, -0.2) is 8.78 Å². The summed E-state index contributed by atoms with van der Waals surface area (Å²) >= 11 is 12.7. The number of aromatic nitrogens is 3. The van der Waals surface area contributed by atoms with E-state index >= 15 is 0 Å². The minimum absolute atomic E-state index is 0.0751. The van der Waals surface area contributed by atoms with Gasteiger partial charge in [-0.1, -0.05) is 29.3 Å². The fourth-order valence-corrected chi connectivity index (χ4v) is 3.61. The first-order valence-corrected chi connectivity index (χ1v) is 9.18. The highest BCUT2D eigenvalue weighted by Crippen LogP contribution is 2.36. The smallest absolute Gasteiger partial charge is 0.159 e. The first kappa shape index (κ1) is 19.0. The van der Waals surface area contributed by atoms with Gasteiger partial charge in [0, 0.05) is 19.1 Å². The van der Waals surface area contributed by atoms with Crippen LogP contribution in [0, 0.1) is 11.6 Å². The van der Waals surface area contributed by atoms with Gasteiger partial charge in [0.2, 0.25) is 0 Å². The third-order valence-corrected chi connectivity index (χ3v) is 5.26. The summed E-state index contributed by atoms with van der Waals surface area (Å²) in [6.45, 7) is 0.510. The van der Waals surface area contributed by atoms with E-state index in [1.54, 1.807) is 23.8 Å². The molecule has 0 amide bonds. The number of halogens is 4. The number of fused-ring (bicyclic) bond motifs is 3. The van der Waals surface area contributed by atoms with E-state index in [1.165, 1.54) is 18.2 Å². The Hall–Kier alpha value is -2.35. The highest BCUT2D eigenvalue weighted by Gasteiger charge is 2.28. The number of aliphatic imine (C=N–C) groups is 1. The van der Waals surface area contributed by atoms with Crippen molar-refractivity contribution < 1.29 is 13.5 Å². The van der Waals surface area contributed by atoms with Crippen LogP contribution < -0.4 is 0 Å². The molecule has 5 nitrogen and oxygen atoms in total. The van der Waals surface area contributed by atoms with Gasteiger partial charge in [-0.15, -0.1) is 10.2 Å². The van der Waals surface area contributed by atoms with Crippen LogP contribution in [0.15, 0.2) is 35.3 Å². The van der Waals surface area contributed by atoms with Crippen molar-refractivity contribution in [1.29, 1.82) is 0 Å². The van der Waals surface area contributed by atoms with Crippen LogP contribution in [0.4, 0.5) is 8.78 Å². The molecule has 1 aliphatic rings. The Kier molecular flexibility index (Phi) is 5.14. The minimum atomic E-state index is -0.738. The second-order valence-corrected chi connectivity index (χ2v) is 6.91. The Morgan fingerprint density at radius 3 is 2.54 bits per heavy atom. The van der Waals surface area contributed by atoms with Gasteiger partial charge in [-0.3, -0.25) is 9.56 Å². The van der Waals surface area contributed by atoms with E-state index in [-0.39, 0.29) is 27.9 Å². The standard InChI is InChI=1S/C19H14Cl2F2N4O/c1-28-8-7-14-25-26-15-9-24-19(16-11(22)3-2-4-12(16)23)17-13(27(14)15)6-5-10(20)18(17)21/h2-6H,7-9H2,1H3. The molecule has 0 saturated carbocycles. The van der Waals surface area contributed by atoms with Gasteiger partial charge in [-0.05, 0) is 24.3 Å². The summed E-state index contributed by atoms with van der Waals surface area (Å²) in [4.78, 5) is 4.43. The van der Waals surface area contributed by atoms with Crippen molar-refractivity contribution in [3.63, 3.8) is 0 Å². The van der Waals surface area contributed by atoms with Crippen molar-refractivity contribution in [2.24, 2.45) is 4.99 Å². The summed E-state index contributed by atoms with van der Waals surface area (Å²) < 4.78 is 36.0. The number of nitrogens with zero attached hydrogens (tertiary/aromatic N) is 4. The summed E-state index contributed by atoms with van der Waals surface area (Å²) in [5.41, 5.74) is 0.709. The van der Waals surface area contributed by atoms with E-state index in [1.807, 2.05) is 0 Å². The van der Waals surface area contributed by atoms with Crippen molar-refractivity contribution in [1.82, 2.24) is 14.8 Å². The Balaban J connectivity index is 2.00. The monoisotopic (exact) mass is 422 g/mol. The maximum Gasteiger partial charge on any atom is 0.159 e. The number of methoxy groups -OCH3 is 1. The maximum absolute atomic E-state index is 14.5. The first-order valence-electron chi connectivity index (χ1n) is 8.42. The van der Waals surface area contributed by atoms with Crippen LogP contribution in [0.2, 0.25) is 10.0 Å². The van der Waals surface area contributed by atoms with E-state index < -0.39 is 11.6 Å².